The molecule has 0 radical (unpaired) electrons. The van der Waals surface area contributed by atoms with Crippen LogP contribution in [0.15, 0.2) is 60.9 Å². The monoisotopic (exact) mass is 613 g/mol. The van der Waals surface area contributed by atoms with Crippen LogP contribution in [0.3, 0.4) is 0 Å². The second kappa shape index (κ2) is 11.9. The topological polar surface area (TPSA) is 252 Å². The fourth-order valence-electron chi connectivity index (χ4n) is 4.33. The second-order valence-electron chi connectivity index (χ2n) is 9.42. The molecule has 45 heavy (non-hydrogen) atoms. The number of carboxylic acid groups (broad SMARTS) is 2. The summed E-state index contributed by atoms with van der Waals surface area (Å²) in [7, 11) is 0. The van der Waals surface area contributed by atoms with Crippen molar-refractivity contribution in [1.29, 1.82) is 0 Å². The molecule has 0 aliphatic heterocycles. The maximum Gasteiger partial charge on any atom is 0.342 e. The van der Waals surface area contributed by atoms with Gasteiger partial charge in [-0.15, -0.1) is 10.2 Å². The molecule has 3 aromatic heterocycles. The van der Waals surface area contributed by atoms with E-state index in [0.29, 0.717) is 6.42 Å². The fraction of sp³-hybridized carbons (Fsp3) is 0.111. The summed E-state index contributed by atoms with van der Waals surface area (Å²) < 4.78 is 2.36. The number of ketones is 1. The minimum Gasteiger partial charge on any atom is -0.477 e. The van der Waals surface area contributed by atoms with E-state index in [1.54, 1.807) is 0 Å². The summed E-state index contributed by atoms with van der Waals surface area (Å²) in [6.45, 7) is 1.84. The highest BCUT2D eigenvalue weighted by molar-refractivity contribution is 5.98. The number of Topliss-reactive ketones (excluding diaryl/α,β-unsaturated/α-hetero) is 1. The average Bonchev–Trinajstić information content (AvgIpc) is 3.71. The van der Waals surface area contributed by atoms with E-state index in [-0.39, 0.29) is 51.9 Å². The SMILES string of the molecule is CCCC(=O)c1cc(-c2cn(-c3ccc(C(=O)O)c([N+](=O)[O-])c3)nn2)nc(-c2cn(-c3ccc(C(=O)O)c([N+](=O)[O-])c3)nn2)c1. The predicted molar refractivity (Wildman–Crippen MR) is 151 cm³/mol. The van der Waals surface area contributed by atoms with Crippen LogP contribution in [0.25, 0.3) is 34.2 Å². The molecule has 0 atom stereocenters. The number of hydrogen-bond acceptors (Lipinski definition) is 12. The van der Waals surface area contributed by atoms with Gasteiger partial charge in [-0.25, -0.2) is 23.9 Å². The number of aromatic carboxylic acids is 2. The molecule has 0 spiro atoms. The highest BCUT2D eigenvalue weighted by atomic mass is 16.6. The van der Waals surface area contributed by atoms with E-state index in [1.807, 2.05) is 6.92 Å². The number of carbonyl (C=O) groups excluding carboxylic acids is 1. The molecule has 18 heteroatoms. The van der Waals surface area contributed by atoms with E-state index in [0.717, 1.165) is 24.3 Å². The van der Waals surface area contributed by atoms with Crippen molar-refractivity contribution in [1.82, 2.24) is 35.0 Å². The normalized spacial score (nSPS) is 10.9. The summed E-state index contributed by atoms with van der Waals surface area (Å²) in [6.07, 6.45) is 3.56. The molecule has 0 amide bonds. The molecule has 0 bridgehead atoms. The van der Waals surface area contributed by atoms with Crippen LogP contribution in [-0.2, 0) is 0 Å². The van der Waals surface area contributed by atoms with E-state index in [1.165, 1.54) is 46.0 Å². The van der Waals surface area contributed by atoms with E-state index >= 15 is 0 Å². The van der Waals surface area contributed by atoms with Gasteiger partial charge in [0.2, 0.25) is 0 Å². The lowest BCUT2D eigenvalue weighted by Crippen LogP contribution is -2.04. The first-order valence-corrected chi connectivity index (χ1v) is 12.9. The minimum atomic E-state index is -1.47. The summed E-state index contributed by atoms with van der Waals surface area (Å²) >= 11 is 0. The Hall–Kier alpha value is -6.72. The number of benzene rings is 2. The quantitative estimate of drug-likeness (QED) is 0.122. The largest absolute Gasteiger partial charge is 0.477 e. The number of pyridine rings is 1. The molecular formula is C27H19N9O9. The van der Waals surface area contributed by atoms with Crippen molar-refractivity contribution in [2.75, 3.05) is 0 Å². The van der Waals surface area contributed by atoms with E-state index in [2.05, 4.69) is 25.6 Å². The zero-order chi connectivity index (χ0) is 32.4. The first-order valence-electron chi connectivity index (χ1n) is 12.9. The molecule has 226 valence electrons. The Morgan fingerprint density at radius 3 is 1.56 bits per heavy atom. The van der Waals surface area contributed by atoms with E-state index < -0.39 is 44.3 Å². The van der Waals surface area contributed by atoms with Gasteiger partial charge in [-0.3, -0.25) is 25.0 Å². The number of carboxylic acids is 2. The molecule has 0 aliphatic carbocycles. The van der Waals surface area contributed by atoms with Crippen LogP contribution < -0.4 is 0 Å². The zero-order valence-corrected chi connectivity index (χ0v) is 23.0. The summed E-state index contributed by atoms with van der Waals surface area (Å²) in [4.78, 5) is 61.4. The minimum absolute atomic E-state index is 0.148. The molecule has 18 nitrogen and oxygen atoms in total. The molecule has 5 aromatic rings. The van der Waals surface area contributed by atoms with Crippen LogP contribution in [-0.4, -0.2) is 72.8 Å². The zero-order valence-electron chi connectivity index (χ0n) is 23.0. The Morgan fingerprint density at radius 1 is 0.733 bits per heavy atom. The third-order valence-electron chi connectivity index (χ3n) is 6.48. The fourth-order valence-corrected chi connectivity index (χ4v) is 4.33. The second-order valence-corrected chi connectivity index (χ2v) is 9.42. The lowest BCUT2D eigenvalue weighted by atomic mass is 10.0. The number of carbonyl (C=O) groups is 3. The summed E-state index contributed by atoms with van der Waals surface area (Å²) in [6, 6.07) is 9.84. The van der Waals surface area contributed by atoms with Gasteiger partial charge in [0, 0.05) is 24.1 Å². The van der Waals surface area contributed by atoms with Crippen molar-refractivity contribution in [3.05, 3.63) is 97.8 Å². The van der Waals surface area contributed by atoms with Crippen LogP contribution in [0.5, 0.6) is 0 Å². The first-order chi connectivity index (χ1) is 21.5. The Bertz CT molecular complexity index is 1900. The number of hydrogen-bond donors (Lipinski definition) is 2. The van der Waals surface area contributed by atoms with Crippen molar-refractivity contribution in [2.24, 2.45) is 0 Å². The average molecular weight is 614 g/mol. The lowest BCUT2D eigenvalue weighted by molar-refractivity contribution is -0.385. The van der Waals surface area contributed by atoms with Crippen LogP contribution in [0, 0.1) is 20.2 Å². The first kappa shape index (κ1) is 29.8. The van der Waals surface area contributed by atoms with E-state index in [4.69, 9.17) is 0 Å². The molecule has 0 unspecified atom stereocenters. The van der Waals surface area contributed by atoms with Crippen molar-refractivity contribution in [3.63, 3.8) is 0 Å². The van der Waals surface area contributed by atoms with Crippen molar-refractivity contribution < 1.29 is 34.4 Å². The number of aromatic nitrogens is 7. The van der Waals surface area contributed by atoms with Gasteiger partial charge in [-0.05, 0) is 42.8 Å². The molecule has 0 saturated heterocycles. The van der Waals surface area contributed by atoms with Crippen LogP contribution in [0.2, 0.25) is 0 Å². The van der Waals surface area contributed by atoms with Gasteiger partial charge in [0.15, 0.2) is 5.78 Å². The van der Waals surface area contributed by atoms with Gasteiger partial charge < -0.3 is 10.2 Å². The smallest absolute Gasteiger partial charge is 0.342 e. The molecule has 2 aromatic carbocycles. The summed E-state index contributed by atoms with van der Waals surface area (Å²) in [5.41, 5.74) is -1.02. The van der Waals surface area contributed by atoms with Gasteiger partial charge in [-0.1, -0.05) is 17.4 Å². The third-order valence-corrected chi connectivity index (χ3v) is 6.48. The molecule has 2 N–H and O–H groups in total. The number of rotatable bonds is 11. The van der Waals surface area contributed by atoms with Gasteiger partial charge in [0.05, 0.1) is 45.0 Å². The van der Waals surface area contributed by atoms with Crippen LogP contribution in [0.1, 0.15) is 50.8 Å². The Morgan fingerprint density at radius 2 is 1.18 bits per heavy atom. The molecule has 0 saturated carbocycles. The Kier molecular flexibility index (Phi) is 7.85. The molecule has 5 rings (SSSR count). The van der Waals surface area contributed by atoms with Gasteiger partial charge in [-0.2, -0.15) is 0 Å². The Balaban J connectivity index is 1.55. The lowest BCUT2D eigenvalue weighted by Gasteiger charge is -2.06. The number of nitrogens with zero attached hydrogens (tertiary/aromatic N) is 9. The summed E-state index contributed by atoms with van der Waals surface area (Å²) in [5, 5.41) is 57.5. The molecule has 0 aliphatic rings. The molecular weight excluding hydrogens is 594 g/mol. The van der Waals surface area contributed by atoms with Crippen LogP contribution >= 0.6 is 0 Å². The predicted octanol–water partition coefficient (Wildman–Crippen LogP) is 3.77. The number of nitro groups is 2. The van der Waals surface area contributed by atoms with Crippen molar-refractivity contribution in [3.8, 4) is 34.2 Å². The maximum atomic E-state index is 12.9. The van der Waals surface area contributed by atoms with Crippen molar-refractivity contribution >= 4 is 29.1 Å². The highest BCUT2D eigenvalue weighted by Crippen LogP contribution is 2.28. The molecule has 0 fully saturated rings. The van der Waals surface area contributed by atoms with Crippen molar-refractivity contribution in [2.45, 2.75) is 19.8 Å². The van der Waals surface area contributed by atoms with E-state index in [9.17, 15) is 44.8 Å². The standard InChI is InChI=1S/C27H19N9O9/c1-2-3-25(37)14-8-19(21-12-33(31-29-21)15-4-6-17(26(38)39)23(10-15)35(42)43)28-20(9-14)22-13-34(32-30-22)16-5-7-18(27(40)41)24(11-16)36(44)45/h4-13H,2-3H2,1H3,(H,38,39)(H,40,41). The van der Waals surface area contributed by atoms with Gasteiger partial charge >= 0.3 is 11.9 Å². The Labute approximate surface area is 250 Å². The highest BCUT2D eigenvalue weighted by Gasteiger charge is 2.23. The van der Waals surface area contributed by atoms with Crippen LogP contribution in [0.4, 0.5) is 11.4 Å². The summed E-state index contributed by atoms with van der Waals surface area (Å²) in [5.74, 6) is -3.14. The maximum absolute atomic E-state index is 12.9. The van der Waals surface area contributed by atoms with Gasteiger partial charge in [0.1, 0.15) is 22.5 Å². The molecule has 3 heterocycles. The third kappa shape index (κ3) is 5.95. The van der Waals surface area contributed by atoms with Gasteiger partial charge in [0.25, 0.3) is 11.4 Å². The number of nitro benzene ring substituents is 2.